The van der Waals surface area contributed by atoms with Gasteiger partial charge in [-0.15, -0.1) is 0 Å². The van der Waals surface area contributed by atoms with Gasteiger partial charge in [0.15, 0.2) is 0 Å². The van der Waals surface area contributed by atoms with Crippen LogP contribution in [0.15, 0.2) is 48.5 Å². The summed E-state index contributed by atoms with van der Waals surface area (Å²) in [6.45, 7) is 2.45. The van der Waals surface area contributed by atoms with E-state index in [0.29, 0.717) is 0 Å². The molecule has 2 aromatic carbocycles. The van der Waals surface area contributed by atoms with E-state index in [4.69, 9.17) is 4.74 Å². The van der Waals surface area contributed by atoms with Crippen molar-refractivity contribution in [1.29, 1.82) is 0 Å². The molecule has 23 heavy (non-hydrogen) atoms. The molecular weight excluding hydrogens is 288 g/mol. The van der Waals surface area contributed by atoms with E-state index in [-0.39, 0.29) is 17.9 Å². The molecule has 1 amide bonds. The quantitative estimate of drug-likeness (QED) is 0.926. The van der Waals surface area contributed by atoms with Crippen molar-refractivity contribution in [2.24, 2.45) is 0 Å². The number of carbonyl (C=O) groups is 1. The molecule has 1 saturated heterocycles. The molecule has 1 fully saturated rings. The van der Waals surface area contributed by atoms with E-state index in [2.05, 4.69) is 40.5 Å². The van der Waals surface area contributed by atoms with Crippen LogP contribution in [0.5, 0.6) is 5.75 Å². The molecule has 2 atom stereocenters. The summed E-state index contributed by atoms with van der Waals surface area (Å²) in [5.41, 5.74) is 3.54. The van der Waals surface area contributed by atoms with Gasteiger partial charge in [-0.1, -0.05) is 42.5 Å². The van der Waals surface area contributed by atoms with Gasteiger partial charge in [-0.25, -0.2) is 0 Å². The van der Waals surface area contributed by atoms with E-state index in [1.165, 1.54) is 11.1 Å². The predicted molar refractivity (Wildman–Crippen MR) is 88.6 cm³/mol. The maximum atomic E-state index is 12.4. The van der Waals surface area contributed by atoms with Crippen LogP contribution in [0, 0.1) is 0 Å². The molecule has 0 spiro atoms. The molecule has 0 bridgehead atoms. The summed E-state index contributed by atoms with van der Waals surface area (Å²) >= 11 is 0. The van der Waals surface area contributed by atoms with Crippen molar-refractivity contribution in [3.8, 4) is 5.75 Å². The van der Waals surface area contributed by atoms with Crippen molar-refractivity contribution >= 4 is 5.91 Å². The maximum absolute atomic E-state index is 12.4. The van der Waals surface area contributed by atoms with Gasteiger partial charge in [0.2, 0.25) is 5.91 Å². The Morgan fingerprint density at radius 2 is 1.74 bits per heavy atom. The molecule has 118 valence electrons. The van der Waals surface area contributed by atoms with Crippen molar-refractivity contribution in [2.45, 2.75) is 12.0 Å². The number of fused-ring (bicyclic) bond motifs is 3. The maximum Gasteiger partial charge on any atom is 0.242 e. The third-order valence-corrected chi connectivity index (χ3v) is 4.91. The minimum atomic E-state index is -0.161. The van der Waals surface area contributed by atoms with Crippen molar-refractivity contribution in [1.82, 2.24) is 10.2 Å². The molecule has 2 heterocycles. The molecule has 0 aliphatic carbocycles. The van der Waals surface area contributed by atoms with Crippen LogP contribution in [0.25, 0.3) is 0 Å². The van der Waals surface area contributed by atoms with Crippen LogP contribution in [0.1, 0.15) is 28.7 Å². The third kappa shape index (κ3) is 2.30. The number of hydrogen-bond donors (Lipinski definition) is 1. The molecule has 1 N–H and O–H groups in total. The van der Waals surface area contributed by atoms with E-state index in [1.807, 2.05) is 18.2 Å². The summed E-state index contributed by atoms with van der Waals surface area (Å²) < 4.78 is 5.57. The fourth-order valence-electron chi connectivity index (χ4n) is 3.88. The van der Waals surface area contributed by atoms with Crippen LogP contribution in [-0.4, -0.2) is 37.6 Å². The van der Waals surface area contributed by atoms with Crippen LogP contribution in [0.3, 0.4) is 0 Å². The van der Waals surface area contributed by atoms with Crippen LogP contribution < -0.4 is 10.1 Å². The Labute approximate surface area is 136 Å². The van der Waals surface area contributed by atoms with Gasteiger partial charge in [-0.3, -0.25) is 9.69 Å². The first-order chi connectivity index (χ1) is 11.3. The zero-order valence-electron chi connectivity index (χ0n) is 13.2. The smallest absolute Gasteiger partial charge is 0.242 e. The van der Waals surface area contributed by atoms with E-state index in [1.54, 1.807) is 7.11 Å². The number of hydrogen-bond acceptors (Lipinski definition) is 3. The van der Waals surface area contributed by atoms with Gasteiger partial charge in [0, 0.05) is 31.1 Å². The second kappa shape index (κ2) is 5.70. The molecule has 4 heteroatoms. The topological polar surface area (TPSA) is 41.6 Å². The summed E-state index contributed by atoms with van der Waals surface area (Å²) in [6.07, 6.45) is 0. The monoisotopic (exact) mass is 308 g/mol. The summed E-state index contributed by atoms with van der Waals surface area (Å²) in [5.74, 6) is 1.25. The highest BCUT2D eigenvalue weighted by molar-refractivity contribution is 5.85. The number of carbonyl (C=O) groups excluding carboxylic acids is 1. The molecule has 0 saturated carbocycles. The molecule has 2 aromatic rings. The van der Waals surface area contributed by atoms with Gasteiger partial charge >= 0.3 is 0 Å². The average molecular weight is 308 g/mol. The minimum Gasteiger partial charge on any atom is -0.496 e. The van der Waals surface area contributed by atoms with E-state index < -0.39 is 0 Å². The van der Waals surface area contributed by atoms with Crippen molar-refractivity contribution in [2.75, 3.05) is 26.7 Å². The number of benzene rings is 2. The highest BCUT2D eigenvalue weighted by atomic mass is 16.5. The Kier molecular flexibility index (Phi) is 3.54. The van der Waals surface area contributed by atoms with Crippen LogP contribution >= 0.6 is 0 Å². The first kappa shape index (κ1) is 14.3. The Morgan fingerprint density at radius 1 is 1.04 bits per heavy atom. The molecule has 2 aliphatic heterocycles. The average Bonchev–Trinajstić information content (AvgIpc) is 2.61. The SMILES string of the molecule is COc1ccccc1C1CN2CCNC(=O)C2c2ccccc21. The van der Waals surface area contributed by atoms with E-state index in [0.717, 1.165) is 30.9 Å². The zero-order chi connectivity index (χ0) is 15.8. The summed E-state index contributed by atoms with van der Waals surface area (Å²) in [7, 11) is 1.71. The second-order valence-electron chi connectivity index (χ2n) is 6.11. The molecule has 2 aliphatic rings. The summed E-state index contributed by atoms with van der Waals surface area (Å²) in [4.78, 5) is 14.7. The number of nitrogens with one attached hydrogen (secondary N) is 1. The predicted octanol–water partition coefficient (Wildman–Crippen LogP) is 2.31. The highest BCUT2D eigenvalue weighted by Crippen LogP contribution is 2.42. The molecule has 0 aromatic heterocycles. The number of methoxy groups -OCH3 is 1. The minimum absolute atomic E-state index is 0.113. The molecule has 4 nitrogen and oxygen atoms in total. The van der Waals surface area contributed by atoms with Crippen molar-refractivity contribution in [3.63, 3.8) is 0 Å². The highest BCUT2D eigenvalue weighted by Gasteiger charge is 2.40. The Balaban J connectivity index is 1.85. The third-order valence-electron chi connectivity index (χ3n) is 4.91. The lowest BCUT2D eigenvalue weighted by Gasteiger charge is -2.43. The van der Waals surface area contributed by atoms with Crippen LogP contribution in [0.4, 0.5) is 0 Å². The second-order valence-corrected chi connectivity index (χ2v) is 6.11. The fourth-order valence-corrected chi connectivity index (χ4v) is 3.88. The van der Waals surface area contributed by atoms with E-state index >= 15 is 0 Å². The number of amides is 1. The molecular formula is C19H20N2O2. The standard InChI is InChI=1S/C19H20N2O2/c1-23-17-9-5-4-7-14(17)16-12-21-11-10-20-19(22)18(21)15-8-3-2-6-13(15)16/h2-9,16,18H,10-12H2,1H3,(H,20,22). The van der Waals surface area contributed by atoms with Gasteiger partial charge in [-0.2, -0.15) is 0 Å². The lowest BCUT2D eigenvalue weighted by molar-refractivity contribution is -0.129. The molecule has 0 radical (unpaired) electrons. The van der Waals surface area contributed by atoms with Crippen molar-refractivity contribution in [3.05, 3.63) is 65.2 Å². The molecule has 4 rings (SSSR count). The van der Waals surface area contributed by atoms with Gasteiger partial charge in [-0.05, 0) is 17.2 Å². The largest absolute Gasteiger partial charge is 0.496 e. The fraction of sp³-hybridized carbons (Fsp3) is 0.316. The number of ether oxygens (including phenoxy) is 1. The Bertz CT molecular complexity index is 744. The number of piperazine rings is 1. The zero-order valence-corrected chi connectivity index (χ0v) is 13.2. The normalized spacial score (nSPS) is 23.6. The van der Waals surface area contributed by atoms with E-state index in [9.17, 15) is 4.79 Å². The lowest BCUT2D eigenvalue weighted by Crippen LogP contribution is -2.53. The van der Waals surface area contributed by atoms with Gasteiger partial charge < -0.3 is 10.1 Å². The summed E-state index contributed by atoms with van der Waals surface area (Å²) in [6, 6.07) is 16.3. The first-order valence-corrected chi connectivity index (χ1v) is 8.03. The van der Waals surface area contributed by atoms with Gasteiger partial charge in [0.25, 0.3) is 0 Å². The lowest BCUT2D eigenvalue weighted by atomic mass is 9.80. The molecule has 2 unspecified atom stereocenters. The number of para-hydroxylation sites is 1. The number of nitrogens with zero attached hydrogens (tertiary/aromatic N) is 1. The Morgan fingerprint density at radius 3 is 2.52 bits per heavy atom. The van der Waals surface area contributed by atoms with Crippen LogP contribution in [-0.2, 0) is 4.79 Å². The summed E-state index contributed by atoms with van der Waals surface area (Å²) in [5, 5.41) is 2.99. The first-order valence-electron chi connectivity index (χ1n) is 8.03. The number of rotatable bonds is 2. The Hall–Kier alpha value is -2.33. The van der Waals surface area contributed by atoms with Crippen molar-refractivity contribution < 1.29 is 9.53 Å². The van der Waals surface area contributed by atoms with Gasteiger partial charge in [0.1, 0.15) is 11.8 Å². The van der Waals surface area contributed by atoms with Gasteiger partial charge in [0.05, 0.1) is 7.11 Å². The van der Waals surface area contributed by atoms with Crippen LogP contribution in [0.2, 0.25) is 0 Å².